The van der Waals surface area contributed by atoms with E-state index >= 15 is 0 Å². The first-order valence-electron chi connectivity index (χ1n) is 6.79. The number of urea groups is 1. The van der Waals surface area contributed by atoms with E-state index in [1.165, 1.54) is 17.0 Å². The van der Waals surface area contributed by atoms with Crippen molar-refractivity contribution in [3.8, 4) is 11.1 Å². The number of carbonyl (C=O) groups excluding carboxylic acids is 1. The Morgan fingerprint density at radius 3 is 2.57 bits per heavy atom. The molecule has 6 nitrogen and oxygen atoms in total. The van der Waals surface area contributed by atoms with Gasteiger partial charge in [0.2, 0.25) is 0 Å². The van der Waals surface area contributed by atoms with Crippen molar-refractivity contribution in [1.29, 1.82) is 0 Å². The second-order valence-electron chi connectivity index (χ2n) is 5.05. The van der Waals surface area contributed by atoms with E-state index in [2.05, 4.69) is 5.32 Å². The molecule has 1 saturated heterocycles. The van der Waals surface area contributed by atoms with Gasteiger partial charge in [-0.2, -0.15) is 8.42 Å². The Kier molecular flexibility index (Phi) is 4.01. The van der Waals surface area contributed by atoms with Crippen LogP contribution in [0.4, 0.5) is 10.5 Å². The quantitative estimate of drug-likeness (QED) is 0.831. The van der Waals surface area contributed by atoms with Gasteiger partial charge in [0.15, 0.2) is 0 Å². The molecular weight excluding hydrogens is 340 g/mol. The molecule has 0 radical (unpaired) electrons. The molecule has 1 fully saturated rings. The van der Waals surface area contributed by atoms with Gasteiger partial charge < -0.3 is 5.32 Å². The van der Waals surface area contributed by atoms with Crippen LogP contribution in [0.25, 0.3) is 11.1 Å². The highest BCUT2D eigenvalue weighted by Crippen LogP contribution is 2.33. The molecule has 2 N–H and O–H groups in total. The van der Waals surface area contributed by atoms with Gasteiger partial charge in [0, 0.05) is 29.4 Å². The maximum absolute atomic E-state index is 11.8. The molecule has 23 heavy (non-hydrogen) atoms. The fourth-order valence-electron chi connectivity index (χ4n) is 2.51. The van der Waals surface area contributed by atoms with Crippen molar-refractivity contribution in [2.24, 2.45) is 0 Å². The Bertz CT molecular complexity index is 883. The van der Waals surface area contributed by atoms with Crippen molar-refractivity contribution in [1.82, 2.24) is 5.32 Å². The van der Waals surface area contributed by atoms with E-state index in [1.54, 1.807) is 30.3 Å². The summed E-state index contributed by atoms with van der Waals surface area (Å²) >= 11 is 5.96. The lowest BCUT2D eigenvalue weighted by Crippen LogP contribution is -2.27. The molecule has 8 heteroatoms. The number of benzene rings is 2. The van der Waals surface area contributed by atoms with E-state index in [0.29, 0.717) is 29.4 Å². The van der Waals surface area contributed by atoms with Gasteiger partial charge in [0.25, 0.3) is 10.1 Å². The number of nitrogens with zero attached hydrogens (tertiary/aromatic N) is 1. The summed E-state index contributed by atoms with van der Waals surface area (Å²) in [6.07, 6.45) is 0. The molecule has 0 saturated carbocycles. The number of amides is 2. The van der Waals surface area contributed by atoms with E-state index < -0.39 is 10.1 Å². The van der Waals surface area contributed by atoms with Crippen molar-refractivity contribution in [3.63, 3.8) is 0 Å². The molecule has 0 unspecified atom stereocenters. The van der Waals surface area contributed by atoms with E-state index in [4.69, 9.17) is 11.6 Å². The summed E-state index contributed by atoms with van der Waals surface area (Å²) in [6.45, 7) is 1.00. The van der Waals surface area contributed by atoms with Gasteiger partial charge in [-0.1, -0.05) is 23.7 Å². The highest BCUT2D eigenvalue weighted by molar-refractivity contribution is 7.86. The Morgan fingerprint density at radius 1 is 1.17 bits per heavy atom. The molecule has 1 aliphatic heterocycles. The molecule has 0 aliphatic carbocycles. The summed E-state index contributed by atoms with van der Waals surface area (Å²) in [7, 11) is -4.41. The third kappa shape index (κ3) is 3.17. The summed E-state index contributed by atoms with van der Waals surface area (Å²) < 4.78 is 32.7. The van der Waals surface area contributed by atoms with Gasteiger partial charge in [-0.05, 0) is 35.9 Å². The van der Waals surface area contributed by atoms with Gasteiger partial charge in [-0.25, -0.2) is 4.79 Å². The van der Waals surface area contributed by atoms with Crippen LogP contribution < -0.4 is 10.2 Å². The lowest BCUT2D eigenvalue weighted by Gasteiger charge is -2.17. The highest BCUT2D eigenvalue weighted by atomic mass is 35.5. The average molecular weight is 353 g/mol. The number of carbonyl (C=O) groups is 1. The van der Waals surface area contributed by atoms with Crippen LogP contribution in [0.2, 0.25) is 5.02 Å². The van der Waals surface area contributed by atoms with Crippen molar-refractivity contribution in [2.75, 3.05) is 18.0 Å². The van der Waals surface area contributed by atoms with Crippen molar-refractivity contribution >= 4 is 33.4 Å². The van der Waals surface area contributed by atoms with Crippen LogP contribution >= 0.6 is 11.6 Å². The van der Waals surface area contributed by atoms with Crippen molar-refractivity contribution in [2.45, 2.75) is 4.90 Å². The zero-order chi connectivity index (χ0) is 16.6. The largest absolute Gasteiger partial charge is 0.336 e. The fourth-order valence-corrected chi connectivity index (χ4v) is 3.40. The fraction of sp³-hybridized carbons (Fsp3) is 0.133. The molecule has 1 heterocycles. The second-order valence-corrected chi connectivity index (χ2v) is 6.88. The zero-order valence-corrected chi connectivity index (χ0v) is 13.4. The third-order valence-electron chi connectivity index (χ3n) is 3.55. The Balaban J connectivity index is 2.19. The molecule has 0 spiro atoms. The highest BCUT2D eigenvalue weighted by Gasteiger charge is 2.24. The smallest absolute Gasteiger partial charge is 0.321 e. The Labute approximate surface area is 138 Å². The molecule has 120 valence electrons. The topological polar surface area (TPSA) is 86.7 Å². The molecule has 1 aliphatic rings. The predicted molar refractivity (Wildman–Crippen MR) is 87.4 cm³/mol. The van der Waals surface area contributed by atoms with Gasteiger partial charge in [0.1, 0.15) is 4.90 Å². The third-order valence-corrected chi connectivity index (χ3v) is 4.69. The minimum absolute atomic E-state index is 0.233. The number of halogens is 1. The maximum Gasteiger partial charge on any atom is 0.321 e. The van der Waals surface area contributed by atoms with Gasteiger partial charge >= 0.3 is 6.03 Å². The predicted octanol–water partition coefficient (Wildman–Crippen LogP) is 2.78. The molecule has 0 bridgehead atoms. The molecule has 0 aromatic heterocycles. The molecular formula is C15H13ClN2O4S. The van der Waals surface area contributed by atoms with Crippen molar-refractivity contribution < 1.29 is 17.8 Å². The van der Waals surface area contributed by atoms with Crippen molar-refractivity contribution in [3.05, 3.63) is 47.5 Å². The first-order chi connectivity index (χ1) is 10.9. The number of hydrogen-bond donors (Lipinski definition) is 2. The van der Waals surface area contributed by atoms with Crippen LogP contribution in [-0.2, 0) is 10.1 Å². The van der Waals surface area contributed by atoms with Gasteiger partial charge in [-0.15, -0.1) is 0 Å². The minimum atomic E-state index is -4.41. The van der Waals surface area contributed by atoms with Crippen LogP contribution in [-0.4, -0.2) is 32.1 Å². The molecule has 3 rings (SSSR count). The van der Waals surface area contributed by atoms with Crippen LogP contribution in [0.1, 0.15) is 0 Å². The second kappa shape index (κ2) is 5.84. The zero-order valence-electron chi connectivity index (χ0n) is 11.9. The van der Waals surface area contributed by atoms with Crippen LogP contribution in [0.5, 0.6) is 0 Å². The number of nitrogens with one attached hydrogen (secondary N) is 1. The van der Waals surface area contributed by atoms with E-state index in [1.807, 2.05) is 0 Å². The molecule has 2 aromatic carbocycles. The summed E-state index contributed by atoms with van der Waals surface area (Å²) in [6, 6.07) is 10.7. The number of hydrogen-bond acceptors (Lipinski definition) is 3. The summed E-state index contributed by atoms with van der Waals surface area (Å²) in [5.74, 6) is 0. The molecule has 0 atom stereocenters. The minimum Gasteiger partial charge on any atom is -0.336 e. The first kappa shape index (κ1) is 15.8. The molecule has 2 aromatic rings. The standard InChI is InChI=1S/C15H13ClN2O4S/c16-11-3-1-2-10(8-11)13-9-12(18-7-6-17-15(18)19)4-5-14(13)23(20,21)22/h1-5,8-9H,6-7H2,(H,17,19)(H,20,21,22). The maximum atomic E-state index is 11.8. The van der Waals surface area contributed by atoms with Gasteiger partial charge in [-0.3, -0.25) is 9.45 Å². The van der Waals surface area contributed by atoms with E-state index in [9.17, 15) is 17.8 Å². The number of anilines is 1. The lowest BCUT2D eigenvalue weighted by atomic mass is 10.0. The summed E-state index contributed by atoms with van der Waals surface area (Å²) in [5, 5.41) is 3.12. The Morgan fingerprint density at radius 2 is 1.96 bits per heavy atom. The molecule has 2 amide bonds. The summed E-state index contributed by atoms with van der Waals surface area (Å²) in [5.41, 5.74) is 1.36. The van der Waals surface area contributed by atoms with Crippen LogP contribution in [0, 0.1) is 0 Å². The average Bonchev–Trinajstić information content (AvgIpc) is 2.92. The monoisotopic (exact) mass is 352 g/mol. The first-order valence-corrected chi connectivity index (χ1v) is 8.61. The lowest BCUT2D eigenvalue weighted by molar-refractivity contribution is 0.252. The van der Waals surface area contributed by atoms with Gasteiger partial charge in [0.05, 0.1) is 0 Å². The SMILES string of the molecule is O=C1NCCN1c1ccc(S(=O)(=O)O)c(-c2cccc(Cl)c2)c1. The van der Waals surface area contributed by atoms with Crippen LogP contribution in [0.15, 0.2) is 47.4 Å². The van der Waals surface area contributed by atoms with E-state index in [-0.39, 0.29) is 16.5 Å². The van der Waals surface area contributed by atoms with Crippen LogP contribution in [0.3, 0.4) is 0 Å². The summed E-state index contributed by atoms with van der Waals surface area (Å²) in [4.78, 5) is 13.1. The Hall–Kier alpha value is -2.09. The number of rotatable bonds is 3. The normalized spacial score (nSPS) is 14.9. The van der Waals surface area contributed by atoms with E-state index in [0.717, 1.165) is 0 Å².